The minimum atomic E-state index is -4.97. The molecule has 0 bridgehead atoms. The Labute approximate surface area is 155 Å². The van der Waals surface area contributed by atoms with E-state index in [9.17, 15) is 31.4 Å². The number of aliphatic hydroxyl groups is 1. The highest BCUT2D eigenvalue weighted by molar-refractivity contribution is 5.58. The van der Waals surface area contributed by atoms with E-state index in [1.807, 2.05) is 11.9 Å². The van der Waals surface area contributed by atoms with Gasteiger partial charge in [-0.3, -0.25) is 0 Å². The maximum absolute atomic E-state index is 13.0. The highest BCUT2D eigenvalue weighted by atomic mass is 19.4. The van der Waals surface area contributed by atoms with E-state index in [0.717, 1.165) is 13.0 Å². The van der Waals surface area contributed by atoms with Crippen molar-refractivity contribution in [3.63, 3.8) is 0 Å². The first-order chi connectivity index (χ1) is 12.9. The van der Waals surface area contributed by atoms with E-state index in [4.69, 9.17) is 4.52 Å². The second kappa shape index (κ2) is 7.03. The lowest BCUT2D eigenvalue weighted by Gasteiger charge is -2.36. The molecule has 1 saturated heterocycles. The molecule has 11 heteroatoms. The molecule has 1 unspecified atom stereocenters. The molecule has 1 aliphatic heterocycles. The average Bonchev–Trinajstić information content (AvgIpc) is 3.00. The topological polar surface area (TPSA) is 62.4 Å². The van der Waals surface area contributed by atoms with Crippen LogP contribution in [0.15, 0.2) is 22.7 Å². The molecule has 1 aromatic heterocycles. The Morgan fingerprint density at radius 2 is 1.71 bits per heavy atom. The van der Waals surface area contributed by atoms with Crippen molar-refractivity contribution < 1.29 is 36.0 Å². The maximum atomic E-state index is 13.0. The quantitative estimate of drug-likeness (QED) is 0.782. The van der Waals surface area contributed by atoms with Crippen LogP contribution >= 0.6 is 0 Å². The Morgan fingerprint density at radius 3 is 2.25 bits per heavy atom. The molecule has 1 fully saturated rings. The second-order valence-corrected chi connectivity index (χ2v) is 7.05. The minimum absolute atomic E-state index is 0.0328. The summed E-state index contributed by atoms with van der Waals surface area (Å²) in [6, 6.07) is 1.10. The van der Waals surface area contributed by atoms with Crippen molar-refractivity contribution in [1.29, 1.82) is 0 Å². The first kappa shape index (κ1) is 20.6. The zero-order valence-electron chi connectivity index (χ0n) is 14.7. The summed E-state index contributed by atoms with van der Waals surface area (Å²) in [5.41, 5.74) is -4.54. The monoisotopic (exact) mass is 409 g/mol. The number of hydrogen-bond acceptors (Lipinski definition) is 5. The Kier molecular flexibility index (Phi) is 5.17. The van der Waals surface area contributed by atoms with Crippen LogP contribution < -0.4 is 0 Å². The number of likely N-dealkylation sites (tertiary alicyclic amines) is 1. The van der Waals surface area contributed by atoms with E-state index in [-0.39, 0.29) is 18.4 Å². The number of alkyl halides is 6. The van der Waals surface area contributed by atoms with Crippen LogP contribution in [0.1, 0.15) is 29.9 Å². The van der Waals surface area contributed by atoms with Crippen molar-refractivity contribution in [3.8, 4) is 11.4 Å². The molecule has 5 nitrogen and oxygen atoms in total. The highest BCUT2D eigenvalue weighted by Gasteiger charge is 2.38. The largest absolute Gasteiger partial charge is 0.416 e. The molecule has 154 valence electrons. The smallest absolute Gasteiger partial charge is 0.388 e. The Bertz CT molecular complexity index is 816. The molecule has 28 heavy (non-hydrogen) atoms. The van der Waals surface area contributed by atoms with Crippen LogP contribution in [-0.2, 0) is 18.8 Å². The first-order valence-corrected chi connectivity index (χ1v) is 8.39. The standard InChI is InChI=1S/C17H17F6N3O2/c1-26-4-2-3-15(27,9-26)8-13-24-14(25-28-13)10-5-11(16(18,19)20)7-12(6-10)17(21,22)23/h5-7,27H,2-4,8-9H2,1H3. The molecule has 2 aromatic rings. The number of β-amino-alcohol motifs (C(OH)–C–C–N with tert-alkyl or cyclic N) is 1. The number of likely N-dealkylation sites (N-methyl/N-ethyl adjacent to an activating group) is 1. The van der Waals surface area contributed by atoms with Crippen LogP contribution in [0.3, 0.4) is 0 Å². The van der Waals surface area contributed by atoms with E-state index in [0.29, 0.717) is 25.1 Å². The van der Waals surface area contributed by atoms with Crippen LogP contribution in [0.5, 0.6) is 0 Å². The third kappa shape index (κ3) is 4.64. The van der Waals surface area contributed by atoms with E-state index in [1.165, 1.54) is 0 Å². The van der Waals surface area contributed by atoms with Crippen LogP contribution in [0, 0.1) is 0 Å². The molecule has 1 N–H and O–H groups in total. The molecule has 0 amide bonds. The maximum Gasteiger partial charge on any atom is 0.416 e. The van der Waals surface area contributed by atoms with Crippen LogP contribution in [0.4, 0.5) is 26.3 Å². The van der Waals surface area contributed by atoms with Crippen molar-refractivity contribution in [1.82, 2.24) is 15.0 Å². The van der Waals surface area contributed by atoms with Gasteiger partial charge in [-0.25, -0.2) is 0 Å². The summed E-state index contributed by atoms with van der Waals surface area (Å²) in [5, 5.41) is 14.1. The minimum Gasteiger partial charge on any atom is -0.388 e. The van der Waals surface area contributed by atoms with Gasteiger partial charge in [-0.15, -0.1) is 0 Å². The van der Waals surface area contributed by atoms with Crippen molar-refractivity contribution in [2.24, 2.45) is 0 Å². The summed E-state index contributed by atoms with van der Waals surface area (Å²) < 4.78 is 82.9. The highest BCUT2D eigenvalue weighted by Crippen LogP contribution is 2.38. The fourth-order valence-electron chi connectivity index (χ4n) is 3.29. The number of halogens is 6. The summed E-state index contributed by atoms with van der Waals surface area (Å²) in [5.74, 6) is -0.460. The summed E-state index contributed by atoms with van der Waals surface area (Å²) in [6.45, 7) is 1.15. The van der Waals surface area contributed by atoms with Gasteiger partial charge in [0.25, 0.3) is 0 Å². The van der Waals surface area contributed by atoms with Crippen LogP contribution in [0.25, 0.3) is 11.4 Å². The number of benzene rings is 1. The lowest BCUT2D eigenvalue weighted by Crippen LogP contribution is -2.47. The second-order valence-electron chi connectivity index (χ2n) is 7.05. The van der Waals surface area contributed by atoms with Gasteiger partial charge in [0.1, 0.15) is 0 Å². The predicted molar refractivity (Wildman–Crippen MR) is 85.1 cm³/mol. The van der Waals surface area contributed by atoms with Crippen molar-refractivity contribution in [2.45, 2.75) is 37.2 Å². The molecule has 3 rings (SSSR count). The summed E-state index contributed by atoms with van der Waals surface area (Å²) in [7, 11) is 1.82. The number of aromatic nitrogens is 2. The van der Waals surface area contributed by atoms with Gasteiger partial charge in [-0.2, -0.15) is 31.3 Å². The summed E-state index contributed by atoms with van der Waals surface area (Å²) in [6.07, 6.45) is -8.78. The molecule has 1 aromatic carbocycles. The lowest BCUT2D eigenvalue weighted by molar-refractivity contribution is -0.143. The van der Waals surface area contributed by atoms with Gasteiger partial charge < -0.3 is 14.5 Å². The molecule has 2 heterocycles. The van der Waals surface area contributed by atoms with Gasteiger partial charge >= 0.3 is 12.4 Å². The van der Waals surface area contributed by atoms with E-state index in [2.05, 4.69) is 10.1 Å². The molecular weight excluding hydrogens is 392 g/mol. The SMILES string of the molecule is CN1CCCC(O)(Cc2nc(-c3cc(C(F)(F)F)cc(C(F)(F)F)c3)no2)C1. The molecule has 0 aliphatic carbocycles. The number of piperidine rings is 1. The van der Waals surface area contributed by atoms with Gasteiger partial charge in [0.15, 0.2) is 0 Å². The molecular formula is C17H17F6N3O2. The van der Waals surface area contributed by atoms with Gasteiger partial charge in [0.05, 0.1) is 23.1 Å². The van der Waals surface area contributed by atoms with E-state index in [1.54, 1.807) is 0 Å². The molecule has 1 aliphatic rings. The fraction of sp³-hybridized carbons (Fsp3) is 0.529. The predicted octanol–water partition coefficient (Wildman–Crippen LogP) is 3.77. The van der Waals surface area contributed by atoms with E-state index < -0.39 is 40.5 Å². The number of nitrogens with zero attached hydrogens (tertiary/aromatic N) is 3. The van der Waals surface area contributed by atoms with Crippen molar-refractivity contribution in [3.05, 3.63) is 35.2 Å². The van der Waals surface area contributed by atoms with Crippen LogP contribution in [0.2, 0.25) is 0 Å². The average molecular weight is 409 g/mol. The first-order valence-electron chi connectivity index (χ1n) is 8.39. The zero-order valence-corrected chi connectivity index (χ0v) is 14.7. The number of rotatable bonds is 3. The van der Waals surface area contributed by atoms with Gasteiger partial charge in [0, 0.05) is 12.1 Å². The van der Waals surface area contributed by atoms with Crippen LogP contribution in [-0.4, -0.2) is 45.9 Å². The van der Waals surface area contributed by atoms with Gasteiger partial charge in [-0.05, 0) is 44.6 Å². The molecule has 0 saturated carbocycles. The Balaban J connectivity index is 1.92. The van der Waals surface area contributed by atoms with E-state index >= 15 is 0 Å². The number of hydrogen-bond donors (Lipinski definition) is 1. The van der Waals surface area contributed by atoms with Gasteiger partial charge in [-0.1, -0.05) is 5.16 Å². The fourth-order valence-corrected chi connectivity index (χ4v) is 3.29. The third-order valence-corrected chi connectivity index (χ3v) is 4.54. The van der Waals surface area contributed by atoms with Crippen molar-refractivity contribution >= 4 is 0 Å². The summed E-state index contributed by atoms with van der Waals surface area (Å²) in [4.78, 5) is 5.81. The Hall–Kier alpha value is -2.14. The summed E-state index contributed by atoms with van der Waals surface area (Å²) >= 11 is 0. The molecule has 0 radical (unpaired) electrons. The third-order valence-electron chi connectivity index (χ3n) is 4.54. The zero-order chi connectivity index (χ0) is 20.7. The van der Waals surface area contributed by atoms with Crippen molar-refractivity contribution in [2.75, 3.05) is 20.1 Å². The lowest BCUT2D eigenvalue weighted by atomic mass is 9.90. The Morgan fingerprint density at radius 1 is 1.11 bits per heavy atom. The van der Waals surface area contributed by atoms with Gasteiger partial charge in [0.2, 0.25) is 11.7 Å². The molecule has 0 spiro atoms. The molecule has 1 atom stereocenters. The normalized spacial score (nSPS) is 21.9.